The Morgan fingerprint density at radius 1 is 1.00 bits per heavy atom. The normalized spacial score (nSPS) is 23.2. The molecule has 2 fully saturated rings. The van der Waals surface area contributed by atoms with Gasteiger partial charge < -0.3 is 14.7 Å². The van der Waals surface area contributed by atoms with Crippen LogP contribution in [0.1, 0.15) is 44.1 Å². The molecule has 2 saturated heterocycles. The van der Waals surface area contributed by atoms with Gasteiger partial charge in [0.2, 0.25) is 5.95 Å². The molecule has 162 valence electrons. The lowest BCUT2D eigenvalue weighted by Gasteiger charge is -2.27. The van der Waals surface area contributed by atoms with Crippen molar-refractivity contribution in [3.05, 3.63) is 47.2 Å². The SMILES string of the molecule is OC1(COc2cccc(Cl)c2)CCCN(Cc2cnc(N3CCCCC3)nc2)CC1. The molecule has 2 aliphatic heterocycles. The lowest BCUT2D eigenvalue weighted by atomic mass is 9.96. The van der Waals surface area contributed by atoms with Gasteiger partial charge in [0.1, 0.15) is 12.4 Å². The quantitative estimate of drug-likeness (QED) is 0.749. The number of aromatic nitrogens is 2. The van der Waals surface area contributed by atoms with Crippen molar-refractivity contribution in [3.63, 3.8) is 0 Å². The standard InChI is InChI=1S/C23H31ClN4O2/c24-20-6-4-7-21(14-20)30-18-23(29)8-5-10-27(13-9-23)17-19-15-25-22(26-16-19)28-11-2-1-3-12-28/h4,6-7,14-16,29H,1-3,5,8-13,17-18H2. The zero-order valence-electron chi connectivity index (χ0n) is 17.5. The summed E-state index contributed by atoms with van der Waals surface area (Å²) in [4.78, 5) is 13.8. The van der Waals surface area contributed by atoms with E-state index in [0.29, 0.717) is 17.2 Å². The molecule has 4 rings (SSSR count). The predicted octanol–water partition coefficient (Wildman–Crippen LogP) is 3.92. The molecule has 0 radical (unpaired) electrons. The third-order valence-electron chi connectivity index (χ3n) is 6.05. The molecule has 1 N–H and O–H groups in total. The number of aliphatic hydroxyl groups is 1. The van der Waals surface area contributed by atoms with Gasteiger partial charge in [-0.2, -0.15) is 0 Å². The Hall–Kier alpha value is -1.89. The van der Waals surface area contributed by atoms with Gasteiger partial charge >= 0.3 is 0 Å². The number of ether oxygens (including phenoxy) is 1. The molecule has 3 heterocycles. The van der Waals surface area contributed by atoms with E-state index >= 15 is 0 Å². The second-order valence-corrected chi connectivity index (χ2v) is 8.98. The van der Waals surface area contributed by atoms with Gasteiger partial charge in [-0.3, -0.25) is 4.90 Å². The lowest BCUT2D eigenvalue weighted by molar-refractivity contribution is -0.0168. The van der Waals surface area contributed by atoms with Crippen LogP contribution in [0, 0.1) is 0 Å². The van der Waals surface area contributed by atoms with Crippen molar-refractivity contribution < 1.29 is 9.84 Å². The van der Waals surface area contributed by atoms with Crippen molar-refractivity contribution >= 4 is 17.5 Å². The molecule has 30 heavy (non-hydrogen) atoms. The molecule has 7 heteroatoms. The highest BCUT2D eigenvalue weighted by atomic mass is 35.5. The number of piperidine rings is 1. The number of halogens is 1. The largest absolute Gasteiger partial charge is 0.491 e. The molecule has 0 saturated carbocycles. The molecule has 1 aromatic carbocycles. The van der Waals surface area contributed by atoms with Crippen molar-refractivity contribution in [2.45, 2.75) is 50.7 Å². The van der Waals surface area contributed by atoms with Gasteiger partial charge in [-0.1, -0.05) is 17.7 Å². The van der Waals surface area contributed by atoms with Gasteiger partial charge in [-0.05, 0) is 63.3 Å². The number of hydrogen-bond donors (Lipinski definition) is 1. The van der Waals surface area contributed by atoms with E-state index in [-0.39, 0.29) is 6.61 Å². The van der Waals surface area contributed by atoms with E-state index in [2.05, 4.69) is 19.8 Å². The zero-order chi connectivity index (χ0) is 20.8. The van der Waals surface area contributed by atoms with Crippen LogP contribution >= 0.6 is 11.6 Å². The molecular formula is C23H31ClN4O2. The number of hydrogen-bond acceptors (Lipinski definition) is 6. The van der Waals surface area contributed by atoms with Gasteiger partial charge in [0.05, 0.1) is 5.60 Å². The Balaban J connectivity index is 1.28. The molecule has 0 bridgehead atoms. The van der Waals surface area contributed by atoms with Crippen LogP contribution in [0.25, 0.3) is 0 Å². The Morgan fingerprint density at radius 3 is 2.57 bits per heavy atom. The molecule has 2 aromatic rings. The van der Waals surface area contributed by atoms with Crippen LogP contribution in [0.2, 0.25) is 5.02 Å². The van der Waals surface area contributed by atoms with Gasteiger partial charge in [0.15, 0.2) is 0 Å². The second kappa shape index (κ2) is 9.94. The maximum Gasteiger partial charge on any atom is 0.225 e. The highest BCUT2D eigenvalue weighted by molar-refractivity contribution is 6.30. The van der Waals surface area contributed by atoms with E-state index in [1.807, 2.05) is 30.6 Å². The van der Waals surface area contributed by atoms with E-state index < -0.39 is 5.60 Å². The number of benzene rings is 1. The fraction of sp³-hybridized carbons (Fsp3) is 0.565. The van der Waals surface area contributed by atoms with Crippen LogP contribution in [0.15, 0.2) is 36.7 Å². The van der Waals surface area contributed by atoms with Crippen molar-refractivity contribution in [1.29, 1.82) is 0 Å². The second-order valence-electron chi connectivity index (χ2n) is 8.54. The molecule has 1 unspecified atom stereocenters. The summed E-state index contributed by atoms with van der Waals surface area (Å²) in [6, 6.07) is 7.32. The van der Waals surface area contributed by atoms with Crippen molar-refractivity contribution in [3.8, 4) is 5.75 Å². The first-order chi connectivity index (χ1) is 14.6. The lowest BCUT2D eigenvalue weighted by Crippen LogP contribution is -2.37. The molecule has 0 amide bonds. The molecule has 1 atom stereocenters. The molecule has 6 nitrogen and oxygen atoms in total. The molecule has 0 spiro atoms. The maximum atomic E-state index is 11.0. The molecule has 1 aromatic heterocycles. The van der Waals surface area contributed by atoms with Crippen LogP contribution < -0.4 is 9.64 Å². The van der Waals surface area contributed by atoms with Gasteiger partial charge in [0, 0.05) is 49.2 Å². The molecule has 2 aliphatic rings. The maximum absolute atomic E-state index is 11.0. The summed E-state index contributed by atoms with van der Waals surface area (Å²) in [7, 11) is 0. The Labute approximate surface area is 183 Å². The van der Waals surface area contributed by atoms with Crippen LogP contribution in [0.4, 0.5) is 5.95 Å². The highest BCUT2D eigenvalue weighted by Gasteiger charge is 2.31. The summed E-state index contributed by atoms with van der Waals surface area (Å²) in [6.07, 6.45) is 10.0. The summed E-state index contributed by atoms with van der Waals surface area (Å²) < 4.78 is 5.83. The smallest absolute Gasteiger partial charge is 0.225 e. The van der Waals surface area contributed by atoms with Crippen LogP contribution in [0.3, 0.4) is 0 Å². The van der Waals surface area contributed by atoms with Gasteiger partial charge in [0.25, 0.3) is 0 Å². The average Bonchev–Trinajstić information content (AvgIpc) is 2.95. The zero-order valence-corrected chi connectivity index (χ0v) is 18.2. The van der Waals surface area contributed by atoms with Crippen molar-refractivity contribution in [1.82, 2.24) is 14.9 Å². The van der Waals surface area contributed by atoms with E-state index in [0.717, 1.165) is 57.1 Å². The number of rotatable bonds is 6. The number of nitrogens with zero attached hydrogens (tertiary/aromatic N) is 4. The fourth-order valence-corrected chi connectivity index (χ4v) is 4.44. The van der Waals surface area contributed by atoms with Crippen LogP contribution in [0.5, 0.6) is 5.75 Å². The summed E-state index contributed by atoms with van der Waals surface area (Å²) in [5, 5.41) is 11.7. The van der Waals surface area contributed by atoms with E-state index in [9.17, 15) is 5.11 Å². The van der Waals surface area contributed by atoms with Gasteiger partial charge in [-0.25, -0.2) is 9.97 Å². The number of likely N-dealkylation sites (tertiary alicyclic amines) is 1. The van der Waals surface area contributed by atoms with Gasteiger partial charge in [-0.15, -0.1) is 0 Å². The topological polar surface area (TPSA) is 61.7 Å². The first-order valence-electron chi connectivity index (χ1n) is 11.0. The first kappa shape index (κ1) is 21.3. The minimum absolute atomic E-state index is 0.287. The minimum atomic E-state index is -0.814. The Kier molecular flexibility index (Phi) is 7.08. The predicted molar refractivity (Wildman–Crippen MR) is 119 cm³/mol. The summed E-state index contributed by atoms with van der Waals surface area (Å²) in [5.74, 6) is 1.55. The summed E-state index contributed by atoms with van der Waals surface area (Å²) in [6.45, 7) is 4.99. The molecule has 0 aliphatic carbocycles. The Bertz CT molecular complexity index is 813. The Morgan fingerprint density at radius 2 is 1.80 bits per heavy atom. The summed E-state index contributed by atoms with van der Waals surface area (Å²) >= 11 is 6.02. The van der Waals surface area contributed by atoms with E-state index in [1.165, 1.54) is 19.3 Å². The monoisotopic (exact) mass is 430 g/mol. The average molecular weight is 431 g/mol. The number of anilines is 1. The minimum Gasteiger partial charge on any atom is -0.491 e. The summed E-state index contributed by atoms with van der Waals surface area (Å²) in [5.41, 5.74) is 0.308. The third-order valence-corrected chi connectivity index (χ3v) is 6.29. The third kappa shape index (κ3) is 5.84. The highest BCUT2D eigenvalue weighted by Crippen LogP contribution is 2.26. The van der Waals surface area contributed by atoms with Crippen molar-refractivity contribution in [2.75, 3.05) is 37.7 Å². The fourth-order valence-electron chi connectivity index (χ4n) is 4.26. The van der Waals surface area contributed by atoms with E-state index in [4.69, 9.17) is 16.3 Å². The van der Waals surface area contributed by atoms with Crippen LogP contribution in [-0.4, -0.2) is 58.4 Å². The van der Waals surface area contributed by atoms with E-state index in [1.54, 1.807) is 6.07 Å². The van der Waals surface area contributed by atoms with Crippen LogP contribution in [-0.2, 0) is 6.54 Å². The molecular weight excluding hydrogens is 400 g/mol. The van der Waals surface area contributed by atoms with Crippen molar-refractivity contribution in [2.24, 2.45) is 0 Å². The first-order valence-corrected chi connectivity index (χ1v) is 11.4.